The number of hydrogen-bond donors (Lipinski definition) is 2. The Hall–Kier alpha value is -0.190. The molecule has 0 radical (unpaired) electrons. The molecule has 70 valence electrons. The maximum absolute atomic E-state index is 13.2. The number of hydrogen-bond acceptors (Lipinski definition) is 3. The summed E-state index contributed by atoms with van der Waals surface area (Å²) < 4.78 is 13.2. The van der Waals surface area contributed by atoms with Gasteiger partial charge in [0.1, 0.15) is 6.17 Å². The van der Waals surface area contributed by atoms with Gasteiger partial charge in [0.15, 0.2) is 0 Å². The summed E-state index contributed by atoms with van der Waals surface area (Å²) in [5.74, 6) is 0. The van der Waals surface area contributed by atoms with Crippen molar-refractivity contribution in [3.05, 3.63) is 0 Å². The summed E-state index contributed by atoms with van der Waals surface area (Å²) in [4.78, 5) is 2.25. The van der Waals surface area contributed by atoms with Crippen molar-refractivity contribution in [2.45, 2.75) is 12.2 Å². The molecule has 2 atom stereocenters. The third-order valence-corrected chi connectivity index (χ3v) is 2.73. The Morgan fingerprint density at radius 2 is 1.83 bits per heavy atom. The van der Waals surface area contributed by atoms with Crippen molar-refractivity contribution in [3.63, 3.8) is 0 Å². The van der Waals surface area contributed by atoms with E-state index < -0.39 is 6.17 Å². The molecule has 2 aliphatic heterocycles. The van der Waals surface area contributed by atoms with Crippen LogP contribution in [0.1, 0.15) is 0 Å². The minimum atomic E-state index is -0.664. The average Bonchev–Trinajstić information content (AvgIpc) is 2.53. The van der Waals surface area contributed by atoms with Crippen molar-refractivity contribution < 1.29 is 4.39 Å². The molecule has 2 rings (SSSR count). The zero-order valence-corrected chi connectivity index (χ0v) is 7.22. The molecule has 0 aromatic heterocycles. The predicted molar refractivity (Wildman–Crippen MR) is 46.0 cm³/mol. The van der Waals surface area contributed by atoms with E-state index in [0.29, 0.717) is 6.54 Å². The quantitative estimate of drug-likeness (QED) is 0.544. The molecular formula is C8H16FN3. The van der Waals surface area contributed by atoms with Crippen LogP contribution in [-0.4, -0.2) is 56.4 Å². The number of halogens is 1. The van der Waals surface area contributed by atoms with Gasteiger partial charge in [-0.25, -0.2) is 4.39 Å². The summed E-state index contributed by atoms with van der Waals surface area (Å²) in [5, 5.41) is 6.35. The fourth-order valence-corrected chi connectivity index (χ4v) is 2.00. The normalized spacial score (nSPS) is 38.8. The predicted octanol–water partition coefficient (Wildman–Crippen LogP) is -0.798. The molecule has 0 spiro atoms. The van der Waals surface area contributed by atoms with Gasteiger partial charge in [-0.1, -0.05) is 0 Å². The van der Waals surface area contributed by atoms with Crippen molar-refractivity contribution in [2.24, 2.45) is 0 Å². The lowest BCUT2D eigenvalue weighted by molar-refractivity contribution is 0.129. The smallest absolute Gasteiger partial charge is 0.129 e. The van der Waals surface area contributed by atoms with Crippen molar-refractivity contribution in [1.82, 2.24) is 15.5 Å². The van der Waals surface area contributed by atoms with Crippen molar-refractivity contribution in [3.8, 4) is 0 Å². The second kappa shape index (κ2) is 3.68. The Labute approximate surface area is 72.3 Å². The summed E-state index contributed by atoms with van der Waals surface area (Å²) in [6.45, 7) is 5.35. The second-order valence-electron chi connectivity index (χ2n) is 3.53. The van der Waals surface area contributed by atoms with Gasteiger partial charge in [-0.2, -0.15) is 0 Å². The van der Waals surface area contributed by atoms with Gasteiger partial charge in [-0.15, -0.1) is 0 Å². The second-order valence-corrected chi connectivity index (χ2v) is 3.53. The highest BCUT2D eigenvalue weighted by Gasteiger charge is 2.32. The van der Waals surface area contributed by atoms with E-state index in [0.717, 1.165) is 32.7 Å². The molecule has 2 aliphatic rings. The van der Waals surface area contributed by atoms with Crippen LogP contribution in [-0.2, 0) is 0 Å². The summed E-state index contributed by atoms with van der Waals surface area (Å²) in [7, 11) is 0. The van der Waals surface area contributed by atoms with E-state index in [1.807, 2.05) is 0 Å². The van der Waals surface area contributed by atoms with Crippen LogP contribution in [0.15, 0.2) is 0 Å². The molecule has 0 aromatic rings. The monoisotopic (exact) mass is 173 g/mol. The average molecular weight is 173 g/mol. The highest BCUT2D eigenvalue weighted by atomic mass is 19.1. The van der Waals surface area contributed by atoms with Crippen LogP contribution in [0.25, 0.3) is 0 Å². The van der Waals surface area contributed by atoms with Crippen LogP contribution in [0.5, 0.6) is 0 Å². The van der Waals surface area contributed by atoms with Gasteiger partial charge in [0.05, 0.1) is 6.04 Å². The standard InChI is InChI=1S/C8H16FN3/c9-7-5-11-6-8(7)12-3-1-10-2-4-12/h7-8,10-11H,1-6H2. The van der Waals surface area contributed by atoms with Crippen molar-refractivity contribution in [2.75, 3.05) is 39.3 Å². The van der Waals surface area contributed by atoms with Crippen LogP contribution in [0.3, 0.4) is 0 Å². The number of alkyl halides is 1. The fourth-order valence-electron chi connectivity index (χ4n) is 2.00. The van der Waals surface area contributed by atoms with Gasteiger partial charge < -0.3 is 10.6 Å². The van der Waals surface area contributed by atoms with Crippen molar-refractivity contribution >= 4 is 0 Å². The van der Waals surface area contributed by atoms with Gasteiger partial charge >= 0.3 is 0 Å². The van der Waals surface area contributed by atoms with Crippen LogP contribution >= 0.6 is 0 Å². The summed E-state index contributed by atoms with van der Waals surface area (Å²) in [6.07, 6.45) is -0.664. The maximum atomic E-state index is 13.2. The highest BCUT2D eigenvalue weighted by Crippen LogP contribution is 2.12. The Morgan fingerprint density at radius 3 is 2.42 bits per heavy atom. The van der Waals surface area contributed by atoms with E-state index >= 15 is 0 Å². The molecule has 2 saturated heterocycles. The molecule has 2 unspecified atom stereocenters. The Morgan fingerprint density at radius 1 is 1.08 bits per heavy atom. The minimum Gasteiger partial charge on any atom is -0.314 e. The first-order chi connectivity index (χ1) is 5.88. The van der Waals surface area contributed by atoms with E-state index in [1.54, 1.807) is 0 Å². The number of rotatable bonds is 1. The topological polar surface area (TPSA) is 27.3 Å². The first kappa shape index (κ1) is 8.41. The maximum Gasteiger partial charge on any atom is 0.129 e. The van der Waals surface area contributed by atoms with Gasteiger partial charge in [0.25, 0.3) is 0 Å². The molecule has 0 aromatic carbocycles. The summed E-state index contributed by atoms with van der Waals surface area (Å²) in [6, 6.07) is 0.132. The molecule has 2 heterocycles. The van der Waals surface area contributed by atoms with Crippen LogP contribution < -0.4 is 10.6 Å². The summed E-state index contributed by atoms with van der Waals surface area (Å²) >= 11 is 0. The highest BCUT2D eigenvalue weighted by molar-refractivity contribution is 4.90. The Balaban J connectivity index is 1.89. The Kier molecular flexibility index (Phi) is 2.58. The molecular weight excluding hydrogens is 157 g/mol. The molecule has 0 amide bonds. The lowest BCUT2D eigenvalue weighted by Crippen LogP contribution is -2.51. The Bertz CT molecular complexity index is 147. The first-order valence-corrected chi connectivity index (χ1v) is 4.67. The zero-order valence-electron chi connectivity index (χ0n) is 7.22. The van der Waals surface area contributed by atoms with Gasteiger partial charge in [0, 0.05) is 39.3 Å². The third kappa shape index (κ3) is 1.60. The van der Waals surface area contributed by atoms with Crippen molar-refractivity contribution in [1.29, 1.82) is 0 Å². The number of piperazine rings is 1. The molecule has 2 N–H and O–H groups in total. The lowest BCUT2D eigenvalue weighted by atomic mass is 10.2. The molecule has 3 nitrogen and oxygen atoms in total. The third-order valence-electron chi connectivity index (χ3n) is 2.73. The number of nitrogens with zero attached hydrogens (tertiary/aromatic N) is 1. The zero-order chi connectivity index (χ0) is 8.39. The van der Waals surface area contributed by atoms with E-state index in [1.165, 1.54) is 0 Å². The summed E-state index contributed by atoms with van der Waals surface area (Å²) in [5.41, 5.74) is 0. The lowest BCUT2D eigenvalue weighted by Gasteiger charge is -2.33. The van der Waals surface area contributed by atoms with E-state index in [2.05, 4.69) is 15.5 Å². The largest absolute Gasteiger partial charge is 0.314 e. The van der Waals surface area contributed by atoms with Gasteiger partial charge in [0.2, 0.25) is 0 Å². The van der Waals surface area contributed by atoms with E-state index in [-0.39, 0.29) is 6.04 Å². The SMILES string of the molecule is FC1CNCC1N1CCNCC1. The van der Waals surface area contributed by atoms with Crippen LogP contribution in [0.2, 0.25) is 0 Å². The molecule has 4 heteroatoms. The van der Waals surface area contributed by atoms with Gasteiger partial charge in [-0.3, -0.25) is 4.90 Å². The van der Waals surface area contributed by atoms with E-state index in [4.69, 9.17) is 0 Å². The molecule has 12 heavy (non-hydrogen) atoms. The molecule has 0 saturated carbocycles. The van der Waals surface area contributed by atoms with Crippen LogP contribution in [0, 0.1) is 0 Å². The first-order valence-electron chi connectivity index (χ1n) is 4.67. The van der Waals surface area contributed by atoms with Crippen LogP contribution in [0.4, 0.5) is 4.39 Å². The fraction of sp³-hybridized carbons (Fsp3) is 1.00. The van der Waals surface area contributed by atoms with E-state index in [9.17, 15) is 4.39 Å². The molecule has 2 fully saturated rings. The molecule has 0 aliphatic carbocycles. The molecule has 0 bridgehead atoms. The minimum absolute atomic E-state index is 0.132. The number of nitrogens with one attached hydrogen (secondary N) is 2. The van der Waals surface area contributed by atoms with Gasteiger partial charge in [-0.05, 0) is 0 Å².